The highest BCUT2D eigenvalue weighted by Crippen LogP contribution is 2.40. The Morgan fingerprint density at radius 1 is 1.22 bits per heavy atom. The molecule has 0 unspecified atom stereocenters. The van der Waals surface area contributed by atoms with Crippen molar-refractivity contribution in [3.8, 4) is 0 Å². The van der Waals surface area contributed by atoms with Gasteiger partial charge in [-0.05, 0) is 62.3 Å². The van der Waals surface area contributed by atoms with Crippen LogP contribution in [0.5, 0.6) is 0 Å². The number of ketones is 1. The van der Waals surface area contributed by atoms with Gasteiger partial charge in [-0.1, -0.05) is 12.2 Å². The molecule has 5 rings (SSSR count). The van der Waals surface area contributed by atoms with E-state index in [0.717, 1.165) is 66.3 Å². The van der Waals surface area contributed by atoms with Crippen molar-refractivity contribution in [2.24, 2.45) is 24.8 Å². The highest BCUT2D eigenvalue weighted by molar-refractivity contribution is 7.80. The molecule has 2 fully saturated rings. The van der Waals surface area contributed by atoms with Crippen molar-refractivity contribution in [1.82, 2.24) is 15.1 Å². The molecule has 0 aromatic carbocycles. The first-order chi connectivity index (χ1) is 15.5. The summed E-state index contributed by atoms with van der Waals surface area (Å²) in [6.45, 7) is 0.752. The van der Waals surface area contributed by atoms with Gasteiger partial charge in [-0.2, -0.15) is 5.10 Å². The standard InChI is InChI=1S/C24H30N4O2S2/c1-28-21(8-9-26-28)27-22(31)11-15-4-7-19-17(10-15)23(24(30)25-13-14-2-3-14)20(32-19)12-18(29)16-5-6-16/h8-9,14-16H,2-7,10-13H2,1H3,(H,25,30)(H,27,31)/t15-/m0/s1. The van der Waals surface area contributed by atoms with Crippen LogP contribution in [0.2, 0.25) is 0 Å². The zero-order valence-electron chi connectivity index (χ0n) is 18.5. The first-order valence-electron chi connectivity index (χ1n) is 11.7. The highest BCUT2D eigenvalue weighted by Gasteiger charge is 2.34. The number of nitrogens with zero attached hydrogens (tertiary/aromatic N) is 2. The van der Waals surface area contributed by atoms with E-state index < -0.39 is 0 Å². The Hall–Kier alpha value is -2.06. The Morgan fingerprint density at radius 3 is 2.72 bits per heavy atom. The fraction of sp³-hybridized carbons (Fsp3) is 0.583. The van der Waals surface area contributed by atoms with E-state index in [0.29, 0.717) is 24.0 Å². The number of rotatable bonds is 9. The van der Waals surface area contributed by atoms with Crippen LogP contribution in [0.1, 0.15) is 64.2 Å². The molecular formula is C24H30N4O2S2. The molecule has 2 N–H and O–H groups in total. The minimum absolute atomic E-state index is 0.0178. The molecule has 3 aliphatic rings. The number of carbonyl (C=O) groups is 2. The molecule has 0 radical (unpaired) electrons. The van der Waals surface area contributed by atoms with Gasteiger partial charge >= 0.3 is 0 Å². The molecule has 1 atom stereocenters. The first kappa shape index (κ1) is 21.8. The molecule has 0 aliphatic heterocycles. The monoisotopic (exact) mass is 470 g/mol. The Morgan fingerprint density at radius 2 is 2.03 bits per heavy atom. The van der Waals surface area contributed by atoms with Crippen LogP contribution >= 0.6 is 23.6 Å². The summed E-state index contributed by atoms with van der Waals surface area (Å²) in [5.74, 6) is 2.46. The van der Waals surface area contributed by atoms with Gasteiger partial charge in [0.1, 0.15) is 11.6 Å². The maximum atomic E-state index is 13.2. The molecule has 1 amide bonds. The van der Waals surface area contributed by atoms with Gasteiger partial charge in [0, 0.05) is 48.2 Å². The van der Waals surface area contributed by atoms with Gasteiger partial charge in [-0.25, -0.2) is 0 Å². The summed E-state index contributed by atoms with van der Waals surface area (Å²) in [5, 5.41) is 10.6. The normalized spacial score (nSPS) is 20.0. The van der Waals surface area contributed by atoms with E-state index in [1.54, 1.807) is 22.2 Å². The maximum Gasteiger partial charge on any atom is 0.252 e. The van der Waals surface area contributed by atoms with Crippen LogP contribution in [0.3, 0.4) is 0 Å². The SMILES string of the molecule is Cn1nccc1NC(=S)C[C@H]1CCc2sc(CC(=O)C3CC3)c(C(=O)NCC3CC3)c2C1. The van der Waals surface area contributed by atoms with Crippen molar-refractivity contribution in [3.05, 3.63) is 33.1 Å². The van der Waals surface area contributed by atoms with Gasteiger partial charge in [0.2, 0.25) is 0 Å². The lowest BCUT2D eigenvalue weighted by molar-refractivity contribution is -0.119. The molecule has 3 aliphatic carbocycles. The van der Waals surface area contributed by atoms with Crippen LogP contribution in [0.25, 0.3) is 0 Å². The zero-order chi connectivity index (χ0) is 22.2. The van der Waals surface area contributed by atoms with Crippen LogP contribution in [0, 0.1) is 17.8 Å². The number of carbonyl (C=O) groups excluding carboxylic acids is 2. The van der Waals surface area contributed by atoms with Gasteiger partial charge in [0.05, 0.1) is 16.7 Å². The number of hydrogen-bond acceptors (Lipinski definition) is 5. The van der Waals surface area contributed by atoms with E-state index in [4.69, 9.17) is 12.2 Å². The Bertz CT molecular complexity index is 1050. The van der Waals surface area contributed by atoms with E-state index in [2.05, 4.69) is 15.7 Å². The quantitative estimate of drug-likeness (QED) is 0.540. The van der Waals surface area contributed by atoms with Crippen LogP contribution in [0.15, 0.2) is 12.3 Å². The molecule has 0 bridgehead atoms. The minimum Gasteiger partial charge on any atom is -0.352 e. The number of aromatic nitrogens is 2. The second kappa shape index (κ2) is 9.06. The van der Waals surface area contributed by atoms with Crippen molar-refractivity contribution in [2.75, 3.05) is 11.9 Å². The molecule has 6 nitrogen and oxygen atoms in total. The third kappa shape index (κ3) is 4.96. The van der Waals surface area contributed by atoms with Crippen molar-refractivity contribution in [1.29, 1.82) is 0 Å². The number of Topliss-reactive ketones (excluding diaryl/α,β-unsaturated/α-hetero) is 1. The van der Waals surface area contributed by atoms with Crippen LogP contribution < -0.4 is 10.6 Å². The highest BCUT2D eigenvalue weighted by atomic mass is 32.1. The summed E-state index contributed by atoms with van der Waals surface area (Å²) in [6, 6.07) is 1.91. The minimum atomic E-state index is 0.0178. The molecule has 170 valence electrons. The number of fused-ring (bicyclic) bond motifs is 1. The number of thiophene rings is 1. The number of aryl methyl sites for hydroxylation is 2. The lowest BCUT2D eigenvalue weighted by Crippen LogP contribution is -2.28. The fourth-order valence-corrected chi connectivity index (χ4v) is 6.28. The van der Waals surface area contributed by atoms with E-state index >= 15 is 0 Å². The Labute approximate surface area is 198 Å². The largest absolute Gasteiger partial charge is 0.352 e. The Balaban J connectivity index is 1.31. The van der Waals surface area contributed by atoms with Crippen molar-refractivity contribution in [3.63, 3.8) is 0 Å². The number of amides is 1. The van der Waals surface area contributed by atoms with Crippen molar-refractivity contribution < 1.29 is 9.59 Å². The van der Waals surface area contributed by atoms with Gasteiger partial charge in [0.15, 0.2) is 0 Å². The second-order valence-corrected chi connectivity index (χ2v) is 11.3. The molecule has 2 aromatic rings. The summed E-state index contributed by atoms with van der Waals surface area (Å²) < 4.78 is 1.77. The number of nitrogens with one attached hydrogen (secondary N) is 2. The lowest BCUT2D eigenvalue weighted by atomic mass is 9.83. The zero-order valence-corrected chi connectivity index (χ0v) is 20.1. The van der Waals surface area contributed by atoms with Gasteiger partial charge in [0.25, 0.3) is 5.91 Å². The summed E-state index contributed by atoms with van der Waals surface area (Å²) >= 11 is 7.33. The third-order valence-electron chi connectivity index (χ3n) is 6.84. The predicted octanol–water partition coefficient (Wildman–Crippen LogP) is 4.08. The average Bonchev–Trinajstić information content (AvgIpc) is 3.68. The van der Waals surface area contributed by atoms with Crippen LogP contribution in [-0.4, -0.2) is 33.0 Å². The summed E-state index contributed by atoms with van der Waals surface area (Å²) in [5.41, 5.74) is 1.97. The van der Waals surface area contributed by atoms with E-state index in [1.165, 1.54) is 23.3 Å². The Kier molecular flexibility index (Phi) is 6.16. The summed E-state index contributed by atoms with van der Waals surface area (Å²) in [6.07, 6.45) is 10.3. The lowest BCUT2D eigenvalue weighted by Gasteiger charge is -2.23. The number of thiocarbonyl (C=S) groups is 1. The molecule has 2 heterocycles. The molecular weight excluding hydrogens is 440 g/mol. The molecule has 8 heteroatoms. The van der Waals surface area contributed by atoms with Crippen molar-refractivity contribution in [2.45, 2.75) is 57.8 Å². The smallest absolute Gasteiger partial charge is 0.252 e. The van der Waals surface area contributed by atoms with Crippen LogP contribution in [0.4, 0.5) is 5.82 Å². The maximum absolute atomic E-state index is 13.2. The summed E-state index contributed by atoms with van der Waals surface area (Å²) in [7, 11) is 1.89. The number of hydrogen-bond donors (Lipinski definition) is 2. The molecule has 32 heavy (non-hydrogen) atoms. The molecule has 2 aromatic heterocycles. The van der Waals surface area contributed by atoms with E-state index in [1.807, 2.05) is 13.1 Å². The van der Waals surface area contributed by atoms with Crippen LogP contribution in [-0.2, 0) is 31.1 Å². The predicted molar refractivity (Wildman–Crippen MR) is 130 cm³/mol. The van der Waals surface area contributed by atoms with Gasteiger partial charge < -0.3 is 10.6 Å². The van der Waals surface area contributed by atoms with E-state index in [-0.39, 0.29) is 11.8 Å². The van der Waals surface area contributed by atoms with Gasteiger partial charge in [-0.3, -0.25) is 14.3 Å². The third-order valence-corrected chi connectivity index (χ3v) is 8.40. The molecule has 0 spiro atoms. The van der Waals surface area contributed by atoms with E-state index in [9.17, 15) is 9.59 Å². The number of anilines is 1. The fourth-order valence-electron chi connectivity index (χ4n) is 4.58. The summed E-state index contributed by atoms with van der Waals surface area (Å²) in [4.78, 5) is 28.9. The first-order valence-corrected chi connectivity index (χ1v) is 12.9. The topological polar surface area (TPSA) is 76.0 Å². The van der Waals surface area contributed by atoms with Crippen molar-refractivity contribution >= 4 is 46.1 Å². The average molecular weight is 471 g/mol. The second-order valence-electron chi connectivity index (χ2n) is 9.57. The molecule has 2 saturated carbocycles. The van der Waals surface area contributed by atoms with Gasteiger partial charge in [-0.15, -0.1) is 11.3 Å². The molecule has 0 saturated heterocycles.